The Morgan fingerprint density at radius 2 is 1.82 bits per heavy atom. The van der Waals surface area contributed by atoms with Crippen LogP contribution in [0.5, 0.6) is 17.2 Å². The van der Waals surface area contributed by atoms with E-state index in [2.05, 4.69) is 4.99 Å². The van der Waals surface area contributed by atoms with Gasteiger partial charge in [-0.1, -0.05) is 23.7 Å². The van der Waals surface area contributed by atoms with Gasteiger partial charge in [0, 0.05) is 6.08 Å². The number of aryl methyl sites for hydroxylation is 1. The molecule has 2 aromatic rings. The van der Waals surface area contributed by atoms with Crippen LogP contribution in [0, 0.1) is 12.3 Å². The number of hydroxylamine groups is 2. The quantitative estimate of drug-likeness (QED) is 0.473. The lowest BCUT2D eigenvalue weighted by molar-refractivity contribution is -0.114. The molecule has 2 heterocycles. The molecule has 0 radical (unpaired) electrons. The van der Waals surface area contributed by atoms with Crippen LogP contribution in [0.3, 0.4) is 0 Å². The molecule has 8 nitrogen and oxygen atoms in total. The highest BCUT2D eigenvalue weighted by molar-refractivity contribution is 6.33. The second kappa shape index (κ2) is 9.38. The van der Waals surface area contributed by atoms with E-state index >= 15 is 0 Å². The molecule has 0 aliphatic carbocycles. The van der Waals surface area contributed by atoms with Gasteiger partial charge in [0.05, 0.1) is 17.7 Å². The third-order valence-electron chi connectivity index (χ3n) is 4.86. The van der Waals surface area contributed by atoms with Crippen LogP contribution in [-0.2, 0) is 9.63 Å². The molecule has 0 unspecified atom stereocenters. The van der Waals surface area contributed by atoms with E-state index in [1.165, 1.54) is 5.06 Å². The Kier molecular flexibility index (Phi) is 6.37. The van der Waals surface area contributed by atoms with Crippen molar-refractivity contribution in [1.82, 2.24) is 5.06 Å². The summed E-state index contributed by atoms with van der Waals surface area (Å²) in [5.74, 6) is 2.03. The van der Waals surface area contributed by atoms with Gasteiger partial charge in [-0.25, -0.2) is 0 Å². The number of methoxy groups -OCH3 is 1. The highest BCUT2D eigenvalue weighted by Gasteiger charge is 2.34. The van der Waals surface area contributed by atoms with Gasteiger partial charge in [0.1, 0.15) is 24.7 Å². The third kappa shape index (κ3) is 4.85. The zero-order chi connectivity index (χ0) is 23.5. The topological polar surface area (TPSA) is 93.4 Å². The molecule has 0 aromatic heterocycles. The summed E-state index contributed by atoms with van der Waals surface area (Å²) in [7, 11) is 1.60. The van der Waals surface area contributed by atoms with Crippen molar-refractivity contribution in [3.8, 4) is 17.2 Å². The molecule has 0 spiro atoms. The Bertz CT molecular complexity index is 1220. The highest BCUT2D eigenvalue weighted by Crippen LogP contribution is 2.30. The SMILES string of the molecule is COc1cc(C)ccc1OCCOc1ccc(/C=C2\C(=N)N3OC(C)=CC3=NC2=O)cc1Cl. The van der Waals surface area contributed by atoms with Gasteiger partial charge in [-0.05, 0) is 55.3 Å². The lowest BCUT2D eigenvalue weighted by Gasteiger charge is -2.23. The molecular weight excluding hydrogens is 446 g/mol. The number of nitrogens with one attached hydrogen (secondary N) is 1. The Morgan fingerprint density at radius 3 is 2.55 bits per heavy atom. The van der Waals surface area contributed by atoms with Crippen molar-refractivity contribution in [2.45, 2.75) is 13.8 Å². The third-order valence-corrected chi connectivity index (χ3v) is 5.16. The van der Waals surface area contributed by atoms with E-state index in [-0.39, 0.29) is 18.0 Å². The molecule has 1 amide bonds. The minimum atomic E-state index is -0.513. The first kappa shape index (κ1) is 22.4. The van der Waals surface area contributed by atoms with E-state index < -0.39 is 5.91 Å². The minimum Gasteiger partial charge on any atom is -0.493 e. The maximum Gasteiger partial charge on any atom is 0.282 e. The summed E-state index contributed by atoms with van der Waals surface area (Å²) >= 11 is 6.36. The number of amidine groups is 2. The monoisotopic (exact) mass is 467 g/mol. The first-order chi connectivity index (χ1) is 15.9. The summed E-state index contributed by atoms with van der Waals surface area (Å²) in [6.45, 7) is 4.28. The molecule has 0 bridgehead atoms. The molecule has 170 valence electrons. The summed E-state index contributed by atoms with van der Waals surface area (Å²) in [4.78, 5) is 21.8. The first-order valence-corrected chi connectivity index (χ1v) is 10.5. The van der Waals surface area contributed by atoms with Crippen molar-refractivity contribution in [2.75, 3.05) is 20.3 Å². The maximum atomic E-state index is 12.4. The average molecular weight is 468 g/mol. The predicted molar refractivity (Wildman–Crippen MR) is 125 cm³/mol. The molecule has 0 atom stereocenters. The average Bonchev–Trinajstić information content (AvgIpc) is 3.16. The van der Waals surface area contributed by atoms with Gasteiger partial charge in [0.2, 0.25) is 0 Å². The predicted octanol–water partition coefficient (Wildman–Crippen LogP) is 4.57. The standard InChI is InChI=1S/C24H22ClN3O5/c1-14-4-6-20(21(10-14)30-3)32-9-8-31-19-7-5-16(13-18(19)25)12-17-23(26)28-22(27-24(17)29)11-15(2)33-28/h4-7,10-13,26H,8-9H2,1-3H3/b17-12+,26-23?. The van der Waals surface area contributed by atoms with Crippen LogP contribution in [-0.4, -0.2) is 43.0 Å². The number of halogens is 1. The largest absolute Gasteiger partial charge is 0.493 e. The number of allylic oxidation sites excluding steroid dienone is 1. The van der Waals surface area contributed by atoms with Gasteiger partial charge >= 0.3 is 0 Å². The molecule has 4 rings (SSSR count). The number of carbonyl (C=O) groups is 1. The number of amides is 1. The molecular formula is C24H22ClN3O5. The molecule has 0 fully saturated rings. The van der Waals surface area contributed by atoms with Crippen molar-refractivity contribution >= 4 is 35.3 Å². The number of ether oxygens (including phenoxy) is 3. The number of benzene rings is 2. The summed E-state index contributed by atoms with van der Waals surface area (Å²) in [5, 5.41) is 9.86. The highest BCUT2D eigenvalue weighted by atomic mass is 35.5. The number of hydrogen-bond donors (Lipinski definition) is 1. The fourth-order valence-electron chi connectivity index (χ4n) is 3.29. The Balaban J connectivity index is 1.39. The van der Waals surface area contributed by atoms with E-state index in [1.807, 2.05) is 25.1 Å². The van der Waals surface area contributed by atoms with Gasteiger partial charge in [-0.3, -0.25) is 10.2 Å². The van der Waals surface area contributed by atoms with E-state index in [0.717, 1.165) is 5.56 Å². The first-order valence-electron chi connectivity index (χ1n) is 10.2. The summed E-state index contributed by atoms with van der Waals surface area (Å²) in [6, 6.07) is 10.8. The molecule has 9 heteroatoms. The van der Waals surface area contributed by atoms with E-state index in [9.17, 15) is 4.79 Å². The Labute approximate surface area is 196 Å². The summed E-state index contributed by atoms with van der Waals surface area (Å²) < 4.78 is 16.8. The number of aliphatic imine (C=N–C) groups is 1. The molecule has 2 aliphatic heterocycles. The fourth-order valence-corrected chi connectivity index (χ4v) is 3.53. The fraction of sp³-hybridized carbons (Fsp3) is 0.208. The van der Waals surface area contributed by atoms with E-state index in [0.29, 0.717) is 46.0 Å². The van der Waals surface area contributed by atoms with Crippen LogP contribution in [0.1, 0.15) is 18.1 Å². The van der Waals surface area contributed by atoms with Crippen LogP contribution in [0.15, 0.2) is 58.8 Å². The minimum absolute atomic E-state index is 0.0850. The zero-order valence-electron chi connectivity index (χ0n) is 18.3. The Hall–Kier alpha value is -3.78. The van der Waals surface area contributed by atoms with Crippen molar-refractivity contribution in [3.63, 3.8) is 0 Å². The Morgan fingerprint density at radius 1 is 1.09 bits per heavy atom. The van der Waals surface area contributed by atoms with Crippen LogP contribution in [0.25, 0.3) is 6.08 Å². The molecule has 1 N–H and O–H groups in total. The number of hydrogen-bond acceptors (Lipinski definition) is 6. The van der Waals surface area contributed by atoms with E-state index in [4.69, 9.17) is 36.1 Å². The molecule has 2 aromatic carbocycles. The number of carbonyl (C=O) groups excluding carboxylic acids is 1. The molecule has 0 saturated heterocycles. The van der Waals surface area contributed by atoms with Gasteiger partial charge in [-0.2, -0.15) is 4.99 Å². The normalized spacial score (nSPS) is 16.2. The van der Waals surface area contributed by atoms with Gasteiger partial charge in [0.25, 0.3) is 5.91 Å². The second-order valence-electron chi connectivity index (χ2n) is 7.36. The van der Waals surface area contributed by atoms with Crippen LogP contribution in [0.4, 0.5) is 0 Å². The smallest absolute Gasteiger partial charge is 0.282 e. The van der Waals surface area contributed by atoms with Crippen molar-refractivity contribution < 1.29 is 23.8 Å². The zero-order valence-corrected chi connectivity index (χ0v) is 19.1. The van der Waals surface area contributed by atoms with Gasteiger partial charge in [-0.15, -0.1) is 5.06 Å². The van der Waals surface area contributed by atoms with Crippen LogP contribution >= 0.6 is 11.6 Å². The lowest BCUT2D eigenvalue weighted by atomic mass is 10.1. The number of rotatable bonds is 7. The van der Waals surface area contributed by atoms with E-state index in [1.54, 1.807) is 44.4 Å². The molecule has 2 aliphatic rings. The maximum absolute atomic E-state index is 12.4. The number of nitrogens with zero attached hydrogens (tertiary/aromatic N) is 2. The molecule has 33 heavy (non-hydrogen) atoms. The van der Waals surface area contributed by atoms with Crippen molar-refractivity contribution in [1.29, 1.82) is 5.41 Å². The summed E-state index contributed by atoms with van der Waals surface area (Å²) in [5.41, 5.74) is 1.81. The van der Waals surface area contributed by atoms with Gasteiger partial charge in [0.15, 0.2) is 23.2 Å². The lowest BCUT2D eigenvalue weighted by Crippen LogP contribution is -2.38. The van der Waals surface area contributed by atoms with Crippen LogP contribution < -0.4 is 14.2 Å². The van der Waals surface area contributed by atoms with Gasteiger partial charge < -0.3 is 19.0 Å². The van der Waals surface area contributed by atoms with Crippen LogP contribution in [0.2, 0.25) is 5.02 Å². The van der Waals surface area contributed by atoms with Crippen molar-refractivity contribution in [2.24, 2.45) is 4.99 Å². The molecule has 0 saturated carbocycles. The number of fused-ring (bicyclic) bond motifs is 1. The second-order valence-corrected chi connectivity index (χ2v) is 7.77. The van der Waals surface area contributed by atoms with Crippen molar-refractivity contribution in [3.05, 3.63) is 70.0 Å². The summed E-state index contributed by atoms with van der Waals surface area (Å²) in [6.07, 6.45) is 3.15.